The molecule has 30 heavy (non-hydrogen) atoms. The minimum Gasteiger partial charge on any atom is -0.468 e. The molecule has 1 unspecified atom stereocenters. The average Bonchev–Trinajstić information content (AvgIpc) is 3.54. The van der Waals surface area contributed by atoms with E-state index in [0.717, 1.165) is 48.6 Å². The van der Waals surface area contributed by atoms with E-state index in [1.807, 2.05) is 36.0 Å². The number of rotatable bonds is 7. The second kappa shape index (κ2) is 9.58. The Morgan fingerprint density at radius 1 is 1.20 bits per heavy atom. The average molecular weight is 408 g/mol. The Morgan fingerprint density at radius 3 is 2.70 bits per heavy atom. The Kier molecular flexibility index (Phi) is 6.44. The SMILES string of the molecule is CN=C(NCc1ccc(-n2ccnc2C)nc1)NCC(c1ccco1)N1CCCC1. The summed E-state index contributed by atoms with van der Waals surface area (Å²) in [4.78, 5) is 15.6. The lowest BCUT2D eigenvalue weighted by atomic mass is 10.2. The van der Waals surface area contributed by atoms with Gasteiger partial charge in [0.25, 0.3) is 0 Å². The number of hydrogen-bond donors (Lipinski definition) is 2. The van der Waals surface area contributed by atoms with E-state index in [4.69, 9.17) is 4.42 Å². The highest BCUT2D eigenvalue weighted by molar-refractivity contribution is 5.79. The normalized spacial score (nSPS) is 16.0. The molecule has 0 saturated carbocycles. The van der Waals surface area contributed by atoms with Crippen LogP contribution < -0.4 is 10.6 Å². The Labute approximate surface area is 177 Å². The molecule has 8 heteroatoms. The number of likely N-dealkylation sites (tertiary alicyclic amines) is 1. The summed E-state index contributed by atoms with van der Waals surface area (Å²) >= 11 is 0. The Bertz CT molecular complexity index is 940. The van der Waals surface area contributed by atoms with Crippen molar-refractivity contribution in [3.8, 4) is 5.82 Å². The number of nitrogens with one attached hydrogen (secondary N) is 2. The molecule has 0 aromatic carbocycles. The minimum atomic E-state index is 0.209. The molecule has 3 aromatic heterocycles. The number of imidazole rings is 1. The monoisotopic (exact) mass is 407 g/mol. The number of aryl methyl sites for hydroxylation is 1. The summed E-state index contributed by atoms with van der Waals surface area (Å²) in [6.07, 6.45) is 9.80. The van der Waals surface area contributed by atoms with E-state index >= 15 is 0 Å². The first-order valence-electron chi connectivity index (χ1n) is 10.4. The van der Waals surface area contributed by atoms with Gasteiger partial charge in [0.1, 0.15) is 17.4 Å². The first-order chi connectivity index (χ1) is 14.7. The zero-order valence-corrected chi connectivity index (χ0v) is 17.6. The van der Waals surface area contributed by atoms with Gasteiger partial charge in [0.05, 0.1) is 12.3 Å². The molecule has 3 aromatic rings. The van der Waals surface area contributed by atoms with E-state index in [9.17, 15) is 0 Å². The number of nitrogens with zero attached hydrogens (tertiary/aromatic N) is 5. The van der Waals surface area contributed by atoms with Gasteiger partial charge in [-0.1, -0.05) is 6.07 Å². The molecule has 2 N–H and O–H groups in total. The third kappa shape index (κ3) is 4.71. The maximum absolute atomic E-state index is 5.70. The van der Waals surface area contributed by atoms with Crippen molar-refractivity contribution in [3.05, 3.63) is 66.3 Å². The Morgan fingerprint density at radius 2 is 2.07 bits per heavy atom. The molecule has 1 aliphatic rings. The second-order valence-corrected chi connectivity index (χ2v) is 7.45. The summed E-state index contributed by atoms with van der Waals surface area (Å²) in [5, 5.41) is 6.82. The largest absolute Gasteiger partial charge is 0.468 e. The molecule has 158 valence electrons. The quantitative estimate of drug-likeness (QED) is 0.463. The zero-order valence-electron chi connectivity index (χ0n) is 17.6. The second-order valence-electron chi connectivity index (χ2n) is 7.45. The van der Waals surface area contributed by atoms with E-state index in [2.05, 4.69) is 42.6 Å². The van der Waals surface area contributed by atoms with Crippen LogP contribution in [0.3, 0.4) is 0 Å². The molecule has 0 spiro atoms. The smallest absolute Gasteiger partial charge is 0.191 e. The molecule has 0 bridgehead atoms. The summed E-state index contributed by atoms with van der Waals surface area (Å²) in [6, 6.07) is 8.28. The topological polar surface area (TPSA) is 83.5 Å². The van der Waals surface area contributed by atoms with Gasteiger partial charge in [-0.15, -0.1) is 0 Å². The van der Waals surface area contributed by atoms with E-state index < -0.39 is 0 Å². The minimum absolute atomic E-state index is 0.209. The molecule has 0 radical (unpaired) electrons. The van der Waals surface area contributed by atoms with Crippen molar-refractivity contribution in [2.45, 2.75) is 32.4 Å². The van der Waals surface area contributed by atoms with E-state index in [0.29, 0.717) is 6.54 Å². The van der Waals surface area contributed by atoms with Crippen LogP contribution in [0.15, 0.2) is 58.5 Å². The Hall–Kier alpha value is -3.13. The molecular weight excluding hydrogens is 378 g/mol. The molecular formula is C22H29N7O. The molecule has 4 rings (SSSR count). The van der Waals surface area contributed by atoms with Crippen LogP contribution in [0.25, 0.3) is 5.82 Å². The van der Waals surface area contributed by atoms with Gasteiger partial charge in [0, 0.05) is 38.7 Å². The summed E-state index contributed by atoms with van der Waals surface area (Å²) in [5.41, 5.74) is 1.08. The first kappa shape index (κ1) is 20.2. The number of furan rings is 1. The fourth-order valence-corrected chi connectivity index (χ4v) is 3.83. The maximum Gasteiger partial charge on any atom is 0.191 e. The van der Waals surface area contributed by atoms with Crippen LogP contribution in [0.4, 0.5) is 0 Å². The van der Waals surface area contributed by atoms with Gasteiger partial charge in [-0.25, -0.2) is 9.97 Å². The highest BCUT2D eigenvalue weighted by Gasteiger charge is 2.25. The summed E-state index contributed by atoms with van der Waals surface area (Å²) < 4.78 is 7.66. The van der Waals surface area contributed by atoms with Crippen molar-refractivity contribution in [2.24, 2.45) is 4.99 Å². The molecule has 1 saturated heterocycles. The van der Waals surface area contributed by atoms with Gasteiger partial charge < -0.3 is 15.1 Å². The fraction of sp³-hybridized carbons (Fsp3) is 0.409. The van der Waals surface area contributed by atoms with Crippen LogP contribution in [-0.2, 0) is 6.54 Å². The maximum atomic E-state index is 5.70. The van der Waals surface area contributed by atoms with Crippen LogP contribution >= 0.6 is 0 Å². The van der Waals surface area contributed by atoms with E-state index in [1.165, 1.54) is 12.8 Å². The lowest BCUT2D eigenvalue weighted by Crippen LogP contribution is -2.42. The standard InChI is InChI=1S/C22H29N7O/c1-17-24-9-12-29(17)21-8-7-18(14-25-21)15-26-22(23-2)27-16-19(20-6-5-13-30-20)28-10-3-4-11-28/h5-9,12-14,19H,3-4,10-11,15-16H2,1-2H3,(H2,23,26,27). The predicted octanol–water partition coefficient (Wildman–Crippen LogP) is 2.67. The van der Waals surface area contributed by atoms with Crippen molar-refractivity contribution in [2.75, 3.05) is 26.7 Å². The Balaban J connectivity index is 1.33. The molecule has 0 aliphatic carbocycles. The van der Waals surface area contributed by atoms with Crippen molar-refractivity contribution in [1.29, 1.82) is 0 Å². The van der Waals surface area contributed by atoms with Crippen LogP contribution in [0, 0.1) is 6.92 Å². The molecule has 1 fully saturated rings. The number of guanidine groups is 1. The fourth-order valence-electron chi connectivity index (χ4n) is 3.83. The van der Waals surface area contributed by atoms with E-state index in [1.54, 1.807) is 19.5 Å². The summed E-state index contributed by atoms with van der Waals surface area (Å²) in [5.74, 6) is 3.54. The number of pyridine rings is 1. The third-order valence-electron chi connectivity index (χ3n) is 5.48. The molecule has 1 aliphatic heterocycles. The van der Waals surface area contributed by atoms with Crippen LogP contribution in [0.5, 0.6) is 0 Å². The number of aliphatic imine (C=N–C) groups is 1. The summed E-state index contributed by atoms with van der Waals surface area (Å²) in [6.45, 7) is 5.56. The van der Waals surface area contributed by atoms with Crippen LogP contribution in [0.1, 0.15) is 36.0 Å². The molecule has 8 nitrogen and oxygen atoms in total. The molecule has 4 heterocycles. The van der Waals surface area contributed by atoms with Gasteiger partial charge in [0.2, 0.25) is 0 Å². The van der Waals surface area contributed by atoms with Crippen molar-refractivity contribution in [1.82, 2.24) is 30.1 Å². The van der Waals surface area contributed by atoms with Gasteiger partial charge >= 0.3 is 0 Å². The van der Waals surface area contributed by atoms with Gasteiger partial charge in [-0.05, 0) is 56.6 Å². The van der Waals surface area contributed by atoms with Crippen LogP contribution in [0.2, 0.25) is 0 Å². The molecule has 1 atom stereocenters. The zero-order chi connectivity index (χ0) is 20.8. The predicted molar refractivity (Wildman–Crippen MR) is 117 cm³/mol. The van der Waals surface area contributed by atoms with Crippen molar-refractivity contribution >= 4 is 5.96 Å². The third-order valence-corrected chi connectivity index (χ3v) is 5.48. The van der Waals surface area contributed by atoms with Gasteiger partial charge in [-0.3, -0.25) is 14.5 Å². The number of hydrogen-bond acceptors (Lipinski definition) is 5. The lowest BCUT2D eigenvalue weighted by Gasteiger charge is -2.26. The van der Waals surface area contributed by atoms with Crippen molar-refractivity contribution < 1.29 is 4.42 Å². The van der Waals surface area contributed by atoms with E-state index in [-0.39, 0.29) is 6.04 Å². The highest BCUT2D eigenvalue weighted by Crippen LogP contribution is 2.24. The van der Waals surface area contributed by atoms with Crippen molar-refractivity contribution in [3.63, 3.8) is 0 Å². The van der Waals surface area contributed by atoms with Gasteiger partial charge in [0.15, 0.2) is 5.96 Å². The van der Waals surface area contributed by atoms with Crippen LogP contribution in [-0.4, -0.2) is 52.1 Å². The highest BCUT2D eigenvalue weighted by atomic mass is 16.3. The first-order valence-corrected chi connectivity index (χ1v) is 10.4. The summed E-state index contributed by atoms with van der Waals surface area (Å²) in [7, 11) is 1.79. The molecule has 0 amide bonds. The number of aromatic nitrogens is 3. The van der Waals surface area contributed by atoms with Gasteiger partial charge in [-0.2, -0.15) is 0 Å². The lowest BCUT2D eigenvalue weighted by molar-refractivity contribution is 0.215.